The van der Waals surface area contributed by atoms with Gasteiger partial charge < -0.3 is 10.1 Å². The third kappa shape index (κ3) is 4.04. The van der Waals surface area contributed by atoms with Crippen LogP contribution in [0.5, 0.6) is 0 Å². The van der Waals surface area contributed by atoms with Crippen molar-refractivity contribution in [2.24, 2.45) is 0 Å². The van der Waals surface area contributed by atoms with Crippen molar-refractivity contribution in [2.75, 3.05) is 7.11 Å². The van der Waals surface area contributed by atoms with Crippen molar-refractivity contribution >= 4 is 17.6 Å². The molecule has 1 amide bonds. The molecule has 1 rings (SSSR count). The number of nitrogens with zero attached hydrogens (tertiary/aromatic N) is 1. The van der Waals surface area contributed by atoms with Gasteiger partial charge in [0.15, 0.2) is 0 Å². The Morgan fingerprint density at radius 1 is 1.30 bits per heavy atom. The fraction of sp³-hybridized carbons (Fsp3) is 0.385. The van der Waals surface area contributed by atoms with E-state index in [-0.39, 0.29) is 18.0 Å². The van der Waals surface area contributed by atoms with Crippen LogP contribution in [-0.2, 0) is 20.7 Å². The number of nitro groups is 1. The SMILES string of the molecule is COC(=O)C(C)(C)NC(=O)Cc1ccc([N+](=O)[O-])cc1. The van der Waals surface area contributed by atoms with Gasteiger partial charge in [0.1, 0.15) is 5.54 Å². The number of hydrogen-bond acceptors (Lipinski definition) is 5. The molecule has 0 saturated carbocycles. The first-order valence-corrected chi connectivity index (χ1v) is 5.89. The highest BCUT2D eigenvalue weighted by molar-refractivity contribution is 5.88. The van der Waals surface area contributed by atoms with Gasteiger partial charge in [-0.1, -0.05) is 12.1 Å². The maximum Gasteiger partial charge on any atom is 0.330 e. The normalized spacial score (nSPS) is 10.8. The molecule has 0 aromatic heterocycles. The van der Waals surface area contributed by atoms with Crippen molar-refractivity contribution < 1.29 is 19.2 Å². The molecule has 7 heteroatoms. The topological polar surface area (TPSA) is 98.5 Å². The summed E-state index contributed by atoms with van der Waals surface area (Å²) >= 11 is 0. The van der Waals surface area contributed by atoms with Crippen LogP contribution < -0.4 is 5.32 Å². The molecule has 0 aliphatic carbocycles. The van der Waals surface area contributed by atoms with Gasteiger partial charge in [0, 0.05) is 12.1 Å². The van der Waals surface area contributed by atoms with Crippen molar-refractivity contribution in [2.45, 2.75) is 25.8 Å². The van der Waals surface area contributed by atoms with Gasteiger partial charge in [-0.15, -0.1) is 0 Å². The van der Waals surface area contributed by atoms with Gasteiger partial charge in [-0.25, -0.2) is 4.79 Å². The summed E-state index contributed by atoms with van der Waals surface area (Å²) in [5.74, 6) is -0.913. The standard InChI is InChI=1S/C13H16N2O5/c1-13(2,12(17)20-3)14-11(16)8-9-4-6-10(7-5-9)15(18)19/h4-7H,8H2,1-3H3,(H,14,16). The van der Waals surface area contributed by atoms with E-state index < -0.39 is 16.4 Å². The molecule has 1 N–H and O–H groups in total. The van der Waals surface area contributed by atoms with Crippen LogP contribution in [0, 0.1) is 10.1 Å². The van der Waals surface area contributed by atoms with E-state index >= 15 is 0 Å². The zero-order valence-electron chi connectivity index (χ0n) is 11.5. The number of non-ortho nitro benzene ring substituents is 1. The van der Waals surface area contributed by atoms with Crippen LogP contribution in [0.3, 0.4) is 0 Å². The molecular weight excluding hydrogens is 264 g/mol. The van der Waals surface area contributed by atoms with E-state index in [0.717, 1.165) is 0 Å². The molecule has 108 valence electrons. The number of esters is 1. The van der Waals surface area contributed by atoms with Crippen LogP contribution in [0.2, 0.25) is 0 Å². The lowest BCUT2D eigenvalue weighted by molar-refractivity contribution is -0.384. The molecule has 0 atom stereocenters. The average molecular weight is 280 g/mol. The molecule has 0 heterocycles. The molecule has 0 aliphatic rings. The molecular formula is C13H16N2O5. The van der Waals surface area contributed by atoms with Gasteiger partial charge in [0.2, 0.25) is 5.91 Å². The van der Waals surface area contributed by atoms with E-state index in [0.29, 0.717) is 5.56 Å². The number of rotatable bonds is 5. The number of hydrogen-bond donors (Lipinski definition) is 1. The Hall–Kier alpha value is -2.44. The number of methoxy groups -OCH3 is 1. The summed E-state index contributed by atoms with van der Waals surface area (Å²) in [6.45, 7) is 3.07. The smallest absolute Gasteiger partial charge is 0.330 e. The fourth-order valence-electron chi connectivity index (χ4n) is 1.62. The van der Waals surface area contributed by atoms with Gasteiger partial charge in [-0.3, -0.25) is 14.9 Å². The van der Waals surface area contributed by atoms with Gasteiger partial charge in [-0.2, -0.15) is 0 Å². The molecule has 1 aromatic carbocycles. The van der Waals surface area contributed by atoms with Crippen molar-refractivity contribution in [3.8, 4) is 0 Å². The first kappa shape index (κ1) is 15.6. The highest BCUT2D eigenvalue weighted by Crippen LogP contribution is 2.13. The van der Waals surface area contributed by atoms with Gasteiger partial charge >= 0.3 is 5.97 Å². The average Bonchev–Trinajstić information content (AvgIpc) is 2.37. The lowest BCUT2D eigenvalue weighted by Crippen LogP contribution is -2.50. The van der Waals surface area contributed by atoms with E-state index in [1.807, 2.05) is 0 Å². The second-order valence-electron chi connectivity index (χ2n) is 4.77. The molecule has 0 unspecified atom stereocenters. The van der Waals surface area contributed by atoms with Crippen LogP contribution in [0.25, 0.3) is 0 Å². The van der Waals surface area contributed by atoms with E-state index in [4.69, 9.17) is 0 Å². The predicted molar refractivity (Wildman–Crippen MR) is 71.0 cm³/mol. The number of nitrogens with one attached hydrogen (secondary N) is 1. The van der Waals surface area contributed by atoms with Crippen LogP contribution in [0.15, 0.2) is 24.3 Å². The minimum Gasteiger partial charge on any atom is -0.467 e. The molecule has 0 aliphatic heterocycles. The Bertz CT molecular complexity index is 522. The first-order valence-electron chi connectivity index (χ1n) is 5.89. The molecule has 0 fully saturated rings. The molecule has 0 radical (unpaired) electrons. The number of amides is 1. The van der Waals surface area contributed by atoms with Crippen LogP contribution >= 0.6 is 0 Å². The summed E-state index contributed by atoms with van der Waals surface area (Å²) in [5.41, 5.74) is -0.537. The van der Waals surface area contributed by atoms with Crippen LogP contribution in [-0.4, -0.2) is 29.4 Å². The zero-order valence-corrected chi connectivity index (χ0v) is 11.5. The summed E-state index contributed by atoms with van der Waals surface area (Å²) < 4.78 is 4.58. The van der Waals surface area contributed by atoms with Crippen LogP contribution in [0.4, 0.5) is 5.69 Å². The maximum absolute atomic E-state index is 11.8. The molecule has 0 saturated heterocycles. The number of ether oxygens (including phenoxy) is 1. The maximum atomic E-state index is 11.8. The van der Waals surface area contributed by atoms with Crippen molar-refractivity contribution in [1.82, 2.24) is 5.32 Å². The van der Waals surface area contributed by atoms with E-state index in [9.17, 15) is 19.7 Å². The minimum atomic E-state index is -1.12. The number of benzene rings is 1. The third-order valence-electron chi connectivity index (χ3n) is 2.66. The number of carbonyl (C=O) groups is 2. The zero-order chi connectivity index (χ0) is 15.3. The Morgan fingerprint density at radius 2 is 1.85 bits per heavy atom. The largest absolute Gasteiger partial charge is 0.467 e. The van der Waals surface area contributed by atoms with E-state index in [1.54, 1.807) is 0 Å². The van der Waals surface area contributed by atoms with Gasteiger partial charge in [0.25, 0.3) is 5.69 Å². The van der Waals surface area contributed by atoms with Crippen LogP contribution in [0.1, 0.15) is 19.4 Å². The van der Waals surface area contributed by atoms with Crippen molar-refractivity contribution in [3.05, 3.63) is 39.9 Å². The number of carbonyl (C=O) groups excluding carboxylic acids is 2. The lowest BCUT2D eigenvalue weighted by Gasteiger charge is -2.23. The van der Waals surface area contributed by atoms with Gasteiger partial charge in [-0.05, 0) is 19.4 Å². The quantitative estimate of drug-likeness (QED) is 0.496. The Morgan fingerprint density at radius 3 is 2.30 bits per heavy atom. The first-order chi connectivity index (χ1) is 9.26. The van der Waals surface area contributed by atoms with E-state index in [1.165, 1.54) is 45.2 Å². The second-order valence-corrected chi connectivity index (χ2v) is 4.77. The minimum absolute atomic E-state index is 0.0262. The second kappa shape index (κ2) is 6.14. The molecule has 20 heavy (non-hydrogen) atoms. The highest BCUT2D eigenvalue weighted by Gasteiger charge is 2.30. The molecule has 0 spiro atoms. The van der Waals surface area contributed by atoms with E-state index in [2.05, 4.69) is 10.1 Å². The predicted octanol–water partition coefficient (Wildman–Crippen LogP) is 1.21. The third-order valence-corrected chi connectivity index (χ3v) is 2.66. The summed E-state index contributed by atoms with van der Waals surface area (Å²) in [6, 6.07) is 5.66. The molecule has 1 aromatic rings. The summed E-state index contributed by atoms with van der Waals surface area (Å²) in [5, 5.41) is 13.1. The molecule has 0 bridgehead atoms. The lowest BCUT2D eigenvalue weighted by atomic mass is 10.0. The Balaban J connectivity index is 2.67. The fourth-order valence-corrected chi connectivity index (χ4v) is 1.62. The molecule has 7 nitrogen and oxygen atoms in total. The monoisotopic (exact) mass is 280 g/mol. The van der Waals surface area contributed by atoms with Crippen molar-refractivity contribution in [3.63, 3.8) is 0 Å². The summed E-state index contributed by atoms with van der Waals surface area (Å²) in [6.07, 6.45) is 0.0262. The summed E-state index contributed by atoms with van der Waals surface area (Å²) in [4.78, 5) is 33.2. The Labute approximate surface area is 116 Å². The summed E-state index contributed by atoms with van der Waals surface area (Å²) in [7, 11) is 1.24. The Kier molecular flexibility index (Phi) is 4.79. The number of nitro benzene ring substituents is 1. The van der Waals surface area contributed by atoms with Gasteiger partial charge in [0.05, 0.1) is 18.5 Å². The van der Waals surface area contributed by atoms with Crippen molar-refractivity contribution in [1.29, 1.82) is 0 Å². The highest BCUT2D eigenvalue weighted by atomic mass is 16.6.